The number of fused-ring (bicyclic) bond motifs is 2. The van der Waals surface area contributed by atoms with Crippen molar-refractivity contribution in [3.63, 3.8) is 0 Å². The van der Waals surface area contributed by atoms with E-state index in [2.05, 4.69) is 20.1 Å². The molecule has 0 atom stereocenters. The number of nitrogen functional groups attached to an aromatic ring is 2. The van der Waals surface area contributed by atoms with Crippen molar-refractivity contribution >= 4 is 34.1 Å². The van der Waals surface area contributed by atoms with Gasteiger partial charge in [-0.25, -0.2) is 9.97 Å². The summed E-state index contributed by atoms with van der Waals surface area (Å²) in [4.78, 5) is 39.7. The van der Waals surface area contributed by atoms with E-state index in [1.54, 1.807) is 18.7 Å². The predicted molar refractivity (Wildman–Crippen MR) is 127 cm³/mol. The molecule has 0 saturated carbocycles. The number of imidazole rings is 1. The molecule has 0 radical (unpaired) electrons. The minimum atomic E-state index is -0.678. The summed E-state index contributed by atoms with van der Waals surface area (Å²) in [6, 6.07) is 0. The van der Waals surface area contributed by atoms with Crippen LogP contribution in [0.15, 0.2) is 15.8 Å². The van der Waals surface area contributed by atoms with E-state index in [4.69, 9.17) is 11.5 Å². The van der Waals surface area contributed by atoms with Crippen LogP contribution in [0.5, 0.6) is 0 Å². The van der Waals surface area contributed by atoms with Gasteiger partial charge in [0.2, 0.25) is 11.9 Å². The summed E-state index contributed by atoms with van der Waals surface area (Å²) in [6.45, 7) is 9.52. The van der Waals surface area contributed by atoms with Crippen LogP contribution in [0.25, 0.3) is 22.2 Å². The van der Waals surface area contributed by atoms with Gasteiger partial charge in [0.05, 0.1) is 6.20 Å². The van der Waals surface area contributed by atoms with Crippen molar-refractivity contribution in [3.8, 4) is 0 Å². The SMILES string of the molecule is Cn1ncc2nc(N)n(C(C)(C)CCc3nc4nc(N)n(C(C)(C)C)c(=O)c4n3C)c(=O)c21. The van der Waals surface area contributed by atoms with Crippen molar-refractivity contribution < 1.29 is 0 Å². The second kappa shape index (κ2) is 7.15. The van der Waals surface area contributed by atoms with Gasteiger partial charge in [0, 0.05) is 31.6 Å². The Balaban J connectivity index is 1.75. The molecule has 0 saturated heterocycles. The summed E-state index contributed by atoms with van der Waals surface area (Å²) in [5, 5.41) is 4.11. The third-order valence-corrected chi connectivity index (χ3v) is 6.05. The van der Waals surface area contributed by atoms with E-state index in [0.717, 1.165) is 0 Å². The van der Waals surface area contributed by atoms with Crippen LogP contribution >= 0.6 is 0 Å². The zero-order valence-electron chi connectivity index (χ0n) is 20.0. The number of hydrogen-bond acceptors (Lipinski definition) is 8. The summed E-state index contributed by atoms with van der Waals surface area (Å²) in [6.07, 6.45) is 2.51. The van der Waals surface area contributed by atoms with Gasteiger partial charge in [0.25, 0.3) is 11.1 Å². The topological polar surface area (TPSA) is 157 Å². The number of rotatable bonds is 4. The number of anilines is 2. The highest BCUT2D eigenvalue weighted by Crippen LogP contribution is 2.25. The molecule has 0 spiro atoms. The van der Waals surface area contributed by atoms with Crippen LogP contribution in [0, 0.1) is 0 Å². The molecule has 0 fully saturated rings. The highest BCUT2D eigenvalue weighted by Gasteiger charge is 2.28. The van der Waals surface area contributed by atoms with Gasteiger partial charge in [-0.15, -0.1) is 0 Å². The molecule has 0 amide bonds. The minimum Gasteiger partial charge on any atom is -0.369 e. The van der Waals surface area contributed by atoms with Crippen LogP contribution in [-0.2, 0) is 31.6 Å². The first kappa shape index (κ1) is 22.5. The summed E-state index contributed by atoms with van der Waals surface area (Å²) in [7, 11) is 3.48. The lowest BCUT2D eigenvalue weighted by atomic mass is 9.97. The molecule has 4 aromatic rings. The molecule has 12 heteroatoms. The molecule has 4 rings (SSSR count). The van der Waals surface area contributed by atoms with Gasteiger partial charge in [0.1, 0.15) is 11.3 Å². The number of aromatic nitrogens is 8. The Hall–Kier alpha value is -3.70. The maximum Gasteiger partial charge on any atom is 0.281 e. The number of hydrogen-bond donors (Lipinski definition) is 2. The third kappa shape index (κ3) is 3.45. The fraction of sp³-hybridized carbons (Fsp3) is 0.524. The second-order valence-corrected chi connectivity index (χ2v) is 9.97. The maximum atomic E-state index is 13.2. The summed E-state index contributed by atoms with van der Waals surface area (Å²) in [5.41, 5.74) is 12.1. The predicted octanol–water partition coefficient (Wildman–Crippen LogP) is 0.861. The highest BCUT2D eigenvalue weighted by molar-refractivity contribution is 5.74. The number of nitrogens with two attached hydrogens (primary N) is 2. The van der Waals surface area contributed by atoms with Gasteiger partial charge < -0.3 is 16.0 Å². The van der Waals surface area contributed by atoms with Crippen LogP contribution in [0.2, 0.25) is 0 Å². The zero-order valence-corrected chi connectivity index (χ0v) is 20.0. The fourth-order valence-electron chi connectivity index (χ4n) is 4.34. The van der Waals surface area contributed by atoms with E-state index in [-0.39, 0.29) is 23.0 Å². The molecular formula is C21H30N10O2. The Bertz CT molecular complexity index is 1510. The molecule has 176 valence electrons. The maximum absolute atomic E-state index is 13.2. The molecule has 0 aliphatic heterocycles. The Labute approximate surface area is 189 Å². The van der Waals surface area contributed by atoms with Gasteiger partial charge in [-0.1, -0.05) is 0 Å². The molecule has 0 aliphatic rings. The van der Waals surface area contributed by atoms with Gasteiger partial charge in [-0.3, -0.25) is 23.4 Å². The Morgan fingerprint density at radius 1 is 0.879 bits per heavy atom. The standard InChI is InChI=1S/C21H30N10O2/c1-20(2,3)30-17(33)14-15(27-19(30)23)26-12(28(14)6)8-9-21(4,5)31-16(32)13-11(25-18(31)22)10-24-29(13)7/h10H,8-9H2,1-7H3,(H2,22,25)(H2,23,27). The average Bonchev–Trinajstić information content (AvgIpc) is 3.18. The molecule has 0 unspecified atom stereocenters. The lowest BCUT2D eigenvalue weighted by molar-refractivity contribution is 0.318. The first-order valence-corrected chi connectivity index (χ1v) is 10.7. The molecule has 4 N–H and O–H groups in total. The van der Waals surface area contributed by atoms with Crippen molar-refractivity contribution in [2.24, 2.45) is 14.1 Å². The molecule has 0 aliphatic carbocycles. The molecule has 0 aromatic carbocycles. The molecule has 12 nitrogen and oxygen atoms in total. The molecular weight excluding hydrogens is 424 g/mol. The van der Waals surface area contributed by atoms with E-state index >= 15 is 0 Å². The first-order valence-electron chi connectivity index (χ1n) is 10.7. The molecule has 4 heterocycles. The van der Waals surface area contributed by atoms with Crippen LogP contribution in [-0.4, -0.2) is 38.4 Å². The lowest BCUT2D eigenvalue weighted by Crippen LogP contribution is -2.39. The molecule has 0 bridgehead atoms. The third-order valence-electron chi connectivity index (χ3n) is 6.05. The van der Waals surface area contributed by atoms with Crippen LogP contribution < -0.4 is 22.6 Å². The minimum absolute atomic E-state index is 0.123. The Morgan fingerprint density at radius 3 is 2.12 bits per heavy atom. The fourth-order valence-corrected chi connectivity index (χ4v) is 4.34. The van der Waals surface area contributed by atoms with Gasteiger partial charge in [-0.05, 0) is 41.0 Å². The van der Waals surface area contributed by atoms with Crippen molar-refractivity contribution in [1.29, 1.82) is 0 Å². The van der Waals surface area contributed by atoms with E-state index in [0.29, 0.717) is 40.9 Å². The van der Waals surface area contributed by atoms with E-state index in [9.17, 15) is 9.59 Å². The first-order chi connectivity index (χ1) is 15.2. The summed E-state index contributed by atoms with van der Waals surface area (Å²) in [5.74, 6) is 0.910. The quantitative estimate of drug-likeness (QED) is 0.459. The normalized spacial score (nSPS) is 12.8. The van der Waals surface area contributed by atoms with Gasteiger partial charge >= 0.3 is 0 Å². The second-order valence-electron chi connectivity index (χ2n) is 9.97. The monoisotopic (exact) mass is 454 g/mol. The Kier molecular flexibility index (Phi) is 4.88. The van der Waals surface area contributed by atoms with E-state index in [1.807, 2.05) is 34.6 Å². The van der Waals surface area contributed by atoms with Crippen LogP contribution in [0.4, 0.5) is 11.9 Å². The lowest BCUT2D eigenvalue weighted by Gasteiger charge is -2.28. The van der Waals surface area contributed by atoms with Crippen LogP contribution in [0.3, 0.4) is 0 Å². The number of aryl methyl sites for hydroxylation is 3. The largest absolute Gasteiger partial charge is 0.369 e. The highest BCUT2D eigenvalue weighted by atomic mass is 16.1. The van der Waals surface area contributed by atoms with Gasteiger partial charge in [0.15, 0.2) is 16.7 Å². The number of nitrogens with zero attached hydrogens (tertiary/aromatic N) is 8. The van der Waals surface area contributed by atoms with Gasteiger partial charge in [-0.2, -0.15) is 10.1 Å². The smallest absolute Gasteiger partial charge is 0.281 e. The van der Waals surface area contributed by atoms with Crippen molar-refractivity contribution in [1.82, 2.24) is 38.4 Å². The molecule has 33 heavy (non-hydrogen) atoms. The van der Waals surface area contributed by atoms with E-state index in [1.165, 1.54) is 20.0 Å². The average molecular weight is 455 g/mol. The zero-order chi connectivity index (χ0) is 24.5. The van der Waals surface area contributed by atoms with Crippen molar-refractivity contribution in [3.05, 3.63) is 32.7 Å². The molecule has 4 aromatic heterocycles. The van der Waals surface area contributed by atoms with E-state index < -0.39 is 11.1 Å². The Morgan fingerprint density at radius 2 is 1.48 bits per heavy atom. The summed E-state index contributed by atoms with van der Waals surface area (Å²) < 4.78 is 6.21. The summed E-state index contributed by atoms with van der Waals surface area (Å²) >= 11 is 0. The van der Waals surface area contributed by atoms with Crippen LogP contribution in [0.1, 0.15) is 46.9 Å². The van der Waals surface area contributed by atoms with Crippen molar-refractivity contribution in [2.75, 3.05) is 11.5 Å². The van der Waals surface area contributed by atoms with Crippen molar-refractivity contribution in [2.45, 2.75) is 58.5 Å².